The first-order chi connectivity index (χ1) is 7.76. The van der Waals surface area contributed by atoms with Gasteiger partial charge in [-0.2, -0.15) is 0 Å². The van der Waals surface area contributed by atoms with Crippen molar-refractivity contribution in [3.05, 3.63) is 29.8 Å². The van der Waals surface area contributed by atoms with Crippen LogP contribution in [-0.2, 0) is 6.54 Å². The maximum absolute atomic E-state index is 11.4. The molecule has 1 aromatic rings. The van der Waals surface area contributed by atoms with E-state index in [9.17, 15) is 4.79 Å². The topological polar surface area (TPSA) is 67.2 Å². The Kier molecular flexibility index (Phi) is 5.36. The fourth-order valence-corrected chi connectivity index (χ4v) is 1.33. The molecule has 4 nitrogen and oxygen atoms in total. The van der Waals surface area contributed by atoms with Gasteiger partial charge in [0.25, 0.3) is 0 Å². The number of rotatable bonds is 5. The van der Waals surface area contributed by atoms with Crippen LogP contribution in [0.5, 0.6) is 0 Å². The average molecular weight is 221 g/mol. The summed E-state index contributed by atoms with van der Waals surface area (Å²) in [5.41, 5.74) is 7.30. The highest BCUT2D eigenvalue weighted by Crippen LogP contribution is 2.09. The molecule has 0 heterocycles. The van der Waals surface area contributed by atoms with Crippen molar-refractivity contribution < 1.29 is 4.79 Å². The molecule has 4 N–H and O–H groups in total. The van der Waals surface area contributed by atoms with Crippen molar-refractivity contribution in [3.8, 4) is 0 Å². The lowest BCUT2D eigenvalue weighted by Gasteiger charge is -2.07. The van der Waals surface area contributed by atoms with Gasteiger partial charge >= 0.3 is 6.03 Å². The van der Waals surface area contributed by atoms with Crippen molar-refractivity contribution in [2.45, 2.75) is 26.3 Å². The SMILES string of the molecule is CCCCNC(=O)Nc1cccc(CN)c1. The van der Waals surface area contributed by atoms with Crippen molar-refractivity contribution in [1.29, 1.82) is 0 Å². The van der Waals surface area contributed by atoms with Crippen molar-refractivity contribution in [3.63, 3.8) is 0 Å². The zero-order chi connectivity index (χ0) is 11.8. The van der Waals surface area contributed by atoms with E-state index in [0.717, 1.165) is 24.1 Å². The summed E-state index contributed by atoms with van der Waals surface area (Å²) in [7, 11) is 0. The van der Waals surface area contributed by atoms with Gasteiger partial charge in [-0.15, -0.1) is 0 Å². The first-order valence-corrected chi connectivity index (χ1v) is 5.60. The summed E-state index contributed by atoms with van der Waals surface area (Å²) >= 11 is 0. The molecule has 0 unspecified atom stereocenters. The number of hydrogen-bond acceptors (Lipinski definition) is 2. The Morgan fingerprint density at radius 1 is 1.44 bits per heavy atom. The number of nitrogens with two attached hydrogens (primary N) is 1. The van der Waals surface area contributed by atoms with Gasteiger partial charge in [0.2, 0.25) is 0 Å². The van der Waals surface area contributed by atoms with Crippen LogP contribution < -0.4 is 16.4 Å². The van der Waals surface area contributed by atoms with Gasteiger partial charge in [0, 0.05) is 18.8 Å². The fourth-order valence-electron chi connectivity index (χ4n) is 1.33. The first kappa shape index (κ1) is 12.5. The number of hydrogen-bond donors (Lipinski definition) is 3. The Labute approximate surface area is 96.2 Å². The van der Waals surface area contributed by atoms with Crippen LogP contribution in [0, 0.1) is 0 Å². The highest BCUT2D eigenvalue weighted by Gasteiger charge is 2.00. The minimum Gasteiger partial charge on any atom is -0.338 e. The molecule has 0 aliphatic rings. The molecule has 88 valence electrons. The Bertz CT molecular complexity index is 339. The van der Waals surface area contributed by atoms with E-state index in [0.29, 0.717) is 13.1 Å². The van der Waals surface area contributed by atoms with Gasteiger partial charge in [0.05, 0.1) is 0 Å². The molecular weight excluding hydrogens is 202 g/mol. The summed E-state index contributed by atoms with van der Waals surface area (Å²) in [4.78, 5) is 11.4. The van der Waals surface area contributed by atoms with E-state index in [1.54, 1.807) is 0 Å². The van der Waals surface area contributed by atoms with Crippen LogP contribution in [0.2, 0.25) is 0 Å². The quantitative estimate of drug-likeness (QED) is 0.666. The molecule has 0 spiro atoms. The summed E-state index contributed by atoms with van der Waals surface area (Å²) in [5.74, 6) is 0. The van der Waals surface area contributed by atoms with Crippen LogP contribution >= 0.6 is 0 Å². The third-order valence-electron chi connectivity index (χ3n) is 2.24. The summed E-state index contributed by atoms with van der Waals surface area (Å²) in [6.07, 6.45) is 2.07. The highest BCUT2D eigenvalue weighted by molar-refractivity contribution is 5.89. The number of benzene rings is 1. The van der Waals surface area contributed by atoms with Crippen molar-refractivity contribution in [2.75, 3.05) is 11.9 Å². The second-order valence-electron chi connectivity index (χ2n) is 3.64. The number of urea groups is 1. The normalized spacial score (nSPS) is 9.88. The third kappa shape index (κ3) is 4.31. The molecule has 0 atom stereocenters. The lowest BCUT2D eigenvalue weighted by Crippen LogP contribution is -2.29. The largest absolute Gasteiger partial charge is 0.338 e. The number of carbonyl (C=O) groups excluding carboxylic acids is 1. The zero-order valence-corrected chi connectivity index (χ0v) is 9.62. The van der Waals surface area contributed by atoms with Crippen LogP contribution in [-0.4, -0.2) is 12.6 Å². The van der Waals surface area contributed by atoms with Gasteiger partial charge in [-0.05, 0) is 24.1 Å². The summed E-state index contributed by atoms with van der Waals surface area (Å²) < 4.78 is 0. The summed E-state index contributed by atoms with van der Waals surface area (Å²) in [6.45, 7) is 3.27. The predicted molar refractivity (Wildman–Crippen MR) is 66.3 cm³/mol. The average Bonchev–Trinajstić information content (AvgIpc) is 2.29. The molecule has 0 aliphatic carbocycles. The van der Waals surface area contributed by atoms with Crippen LogP contribution in [0.25, 0.3) is 0 Å². The molecule has 1 rings (SSSR count). The third-order valence-corrected chi connectivity index (χ3v) is 2.24. The van der Waals surface area contributed by atoms with Gasteiger partial charge in [-0.3, -0.25) is 0 Å². The molecule has 16 heavy (non-hydrogen) atoms. The molecule has 0 saturated heterocycles. The lowest BCUT2D eigenvalue weighted by molar-refractivity contribution is 0.252. The number of nitrogens with one attached hydrogen (secondary N) is 2. The van der Waals surface area contributed by atoms with E-state index < -0.39 is 0 Å². The van der Waals surface area contributed by atoms with Crippen LogP contribution in [0.1, 0.15) is 25.3 Å². The predicted octanol–water partition coefficient (Wildman–Crippen LogP) is 2.07. The maximum Gasteiger partial charge on any atom is 0.319 e. The number of carbonyl (C=O) groups is 1. The van der Waals surface area contributed by atoms with E-state index in [-0.39, 0.29) is 6.03 Å². The van der Waals surface area contributed by atoms with Gasteiger partial charge < -0.3 is 16.4 Å². The highest BCUT2D eigenvalue weighted by atomic mass is 16.2. The van der Waals surface area contributed by atoms with Gasteiger partial charge in [-0.25, -0.2) is 4.79 Å². The number of unbranched alkanes of at least 4 members (excludes halogenated alkanes) is 1. The smallest absolute Gasteiger partial charge is 0.319 e. The zero-order valence-electron chi connectivity index (χ0n) is 9.62. The van der Waals surface area contributed by atoms with Crippen LogP contribution in [0.3, 0.4) is 0 Å². The molecular formula is C12H19N3O. The van der Waals surface area contributed by atoms with E-state index in [2.05, 4.69) is 17.6 Å². The lowest BCUT2D eigenvalue weighted by atomic mass is 10.2. The molecule has 0 saturated carbocycles. The first-order valence-electron chi connectivity index (χ1n) is 5.60. The van der Waals surface area contributed by atoms with Crippen LogP contribution in [0.4, 0.5) is 10.5 Å². The van der Waals surface area contributed by atoms with Crippen molar-refractivity contribution in [2.24, 2.45) is 5.73 Å². The van der Waals surface area contributed by atoms with E-state index in [1.165, 1.54) is 0 Å². The van der Waals surface area contributed by atoms with Crippen LogP contribution in [0.15, 0.2) is 24.3 Å². The molecule has 0 aliphatic heterocycles. The molecule has 0 fully saturated rings. The molecule has 0 radical (unpaired) electrons. The molecule has 0 aromatic heterocycles. The second kappa shape index (κ2) is 6.85. The summed E-state index contributed by atoms with van der Waals surface area (Å²) in [6, 6.07) is 7.37. The van der Waals surface area contributed by atoms with Gasteiger partial charge in [-0.1, -0.05) is 25.5 Å². The Balaban J connectivity index is 2.43. The Morgan fingerprint density at radius 3 is 2.94 bits per heavy atom. The summed E-state index contributed by atoms with van der Waals surface area (Å²) in [5, 5.41) is 5.56. The van der Waals surface area contributed by atoms with E-state index in [4.69, 9.17) is 5.73 Å². The molecule has 1 aromatic carbocycles. The Hall–Kier alpha value is -1.55. The second-order valence-corrected chi connectivity index (χ2v) is 3.64. The number of anilines is 1. The van der Waals surface area contributed by atoms with Crippen molar-refractivity contribution >= 4 is 11.7 Å². The molecule has 0 bridgehead atoms. The Morgan fingerprint density at radius 2 is 2.25 bits per heavy atom. The van der Waals surface area contributed by atoms with E-state index in [1.807, 2.05) is 24.3 Å². The standard InChI is InChI=1S/C12H19N3O/c1-2-3-7-14-12(16)15-11-6-4-5-10(8-11)9-13/h4-6,8H,2-3,7,9,13H2,1H3,(H2,14,15,16). The van der Waals surface area contributed by atoms with E-state index >= 15 is 0 Å². The van der Waals surface area contributed by atoms with Crippen molar-refractivity contribution in [1.82, 2.24) is 5.32 Å². The minimum atomic E-state index is -0.164. The molecule has 2 amide bonds. The van der Waals surface area contributed by atoms with Gasteiger partial charge in [0.1, 0.15) is 0 Å². The van der Waals surface area contributed by atoms with Gasteiger partial charge in [0.15, 0.2) is 0 Å². The minimum absolute atomic E-state index is 0.164. The monoisotopic (exact) mass is 221 g/mol. The fraction of sp³-hybridized carbons (Fsp3) is 0.417. The molecule has 4 heteroatoms. The number of amides is 2. The maximum atomic E-state index is 11.4.